The Kier molecular flexibility index (Phi) is 2.55. The highest BCUT2D eigenvalue weighted by Crippen LogP contribution is 2.35. The van der Waals surface area contributed by atoms with Crippen molar-refractivity contribution in [2.24, 2.45) is 10.2 Å². The number of aliphatic hydroxyl groups is 1. The van der Waals surface area contributed by atoms with Gasteiger partial charge in [-0.15, -0.1) is 0 Å². The molecule has 0 bridgehead atoms. The summed E-state index contributed by atoms with van der Waals surface area (Å²) in [7, 11) is 0. The van der Waals surface area contributed by atoms with Crippen molar-refractivity contribution < 1.29 is 9.90 Å². The topological polar surface area (TPSA) is 62.0 Å². The van der Waals surface area contributed by atoms with Crippen LogP contribution in [0.15, 0.2) is 46.5 Å². The Balaban J connectivity index is 2.28. The van der Waals surface area contributed by atoms with E-state index in [0.29, 0.717) is 18.4 Å². The third-order valence-electron chi connectivity index (χ3n) is 3.28. The van der Waals surface area contributed by atoms with Crippen LogP contribution in [0.5, 0.6) is 0 Å². The van der Waals surface area contributed by atoms with Crippen LogP contribution >= 0.6 is 0 Å². The molecule has 0 spiro atoms. The fourth-order valence-electron chi connectivity index (χ4n) is 2.38. The second kappa shape index (κ2) is 4.22. The number of allylic oxidation sites excluding steroid dienone is 1. The first-order chi connectivity index (χ1) is 8.77. The molecular formula is C14H12N2O2. The Labute approximate surface area is 104 Å². The normalized spacial score (nSPS) is 24.0. The van der Waals surface area contributed by atoms with E-state index in [2.05, 4.69) is 10.2 Å². The minimum Gasteiger partial charge on any atom is -0.504 e. The molecule has 1 aliphatic carbocycles. The number of carbonyl (C=O) groups excluding carboxylic acids is 1. The van der Waals surface area contributed by atoms with Crippen LogP contribution in [0, 0.1) is 0 Å². The van der Waals surface area contributed by atoms with E-state index in [1.165, 1.54) is 0 Å². The molecule has 1 aromatic rings. The summed E-state index contributed by atoms with van der Waals surface area (Å²) in [5.74, 6) is -0.372. The molecule has 4 nitrogen and oxygen atoms in total. The Hall–Kier alpha value is -2.23. The van der Waals surface area contributed by atoms with E-state index in [1.807, 2.05) is 30.3 Å². The molecular weight excluding hydrogens is 228 g/mol. The van der Waals surface area contributed by atoms with Gasteiger partial charge in [0.1, 0.15) is 6.04 Å². The largest absolute Gasteiger partial charge is 0.504 e. The van der Waals surface area contributed by atoms with Gasteiger partial charge in [-0.05, 0) is 23.6 Å². The summed E-state index contributed by atoms with van der Waals surface area (Å²) in [6.45, 7) is 0. The summed E-state index contributed by atoms with van der Waals surface area (Å²) in [5.41, 5.74) is 2.41. The summed E-state index contributed by atoms with van der Waals surface area (Å²) in [6, 6.07) is 7.41. The molecule has 90 valence electrons. The Bertz CT molecular complexity index is 600. The molecule has 1 aliphatic heterocycles. The zero-order chi connectivity index (χ0) is 12.5. The summed E-state index contributed by atoms with van der Waals surface area (Å²) in [6.07, 6.45) is 4.40. The highest BCUT2D eigenvalue weighted by Gasteiger charge is 2.30. The molecule has 0 aromatic heterocycles. The first-order valence-electron chi connectivity index (χ1n) is 5.89. The zero-order valence-corrected chi connectivity index (χ0v) is 9.71. The first kappa shape index (κ1) is 10.9. The first-order valence-corrected chi connectivity index (χ1v) is 5.89. The lowest BCUT2D eigenvalue weighted by atomic mass is 9.85. The summed E-state index contributed by atoms with van der Waals surface area (Å²) in [5, 5.41) is 18.2. The van der Waals surface area contributed by atoms with Crippen molar-refractivity contribution in [1.82, 2.24) is 0 Å². The molecule has 0 amide bonds. The van der Waals surface area contributed by atoms with Gasteiger partial charge in [-0.2, -0.15) is 10.2 Å². The van der Waals surface area contributed by atoms with Gasteiger partial charge in [-0.25, -0.2) is 0 Å². The van der Waals surface area contributed by atoms with Crippen molar-refractivity contribution in [2.45, 2.75) is 18.9 Å². The molecule has 1 unspecified atom stereocenters. The maximum absolute atomic E-state index is 11.7. The molecule has 1 atom stereocenters. The molecule has 0 radical (unpaired) electrons. The summed E-state index contributed by atoms with van der Waals surface area (Å²) < 4.78 is 0. The van der Waals surface area contributed by atoms with Crippen molar-refractivity contribution in [1.29, 1.82) is 0 Å². The maximum atomic E-state index is 11.7. The van der Waals surface area contributed by atoms with Crippen LogP contribution in [-0.2, 0) is 4.79 Å². The Morgan fingerprint density at radius 1 is 1.28 bits per heavy atom. The monoisotopic (exact) mass is 240 g/mol. The molecule has 1 aromatic carbocycles. The third kappa shape index (κ3) is 1.66. The smallest absolute Gasteiger partial charge is 0.197 e. The van der Waals surface area contributed by atoms with Crippen LogP contribution in [0.3, 0.4) is 0 Å². The van der Waals surface area contributed by atoms with Gasteiger partial charge in [0.05, 0.1) is 0 Å². The van der Waals surface area contributed by atoms with Crippen LogP contribution in [0.25, 0.3) is 11.6 Å². The lowest BCUT2D eigenvalue weighted by Gasteiger charge is -2.23. The van der Waals surface area contributed by atoms with Crippen molar-refractivity contribution in [2.75, 3.05) is 0 Å². The SMILES string of the molecule is O=C1CCC2N=N/C=C\c3ccccc3C2=C1O. The van der Waals surface area contributed by atoms with Crippen LogP contribution in [0.4, 0.5) is 0 Å². The minimum absolute atomic E-state index is 0.159. The van der Waals surface area contributed by atoms with Gasteiger partial charge in [-0.3, -0.25) is 4.79 Å². The van der Waals surface area contributed by atoms with Crippen molar-refractivity contribution >= 4 is 17.4 Å². The van der Waals surface area contributed by atoms with Gasteiger partial charge < -0.3 is 5.11 Å². The Morgan fingerprint density at radius 2 is 2.11 bits per heavy atom. The lowest BCUT2D eigenvalue weighted by molar-refractivity contribution is -0.118. The van der Waals surface area contributed by atoms with Crippen LogP contribution in [0.2, 0.25) is 0 Å². The number of benzene rings is 1. The predicted molar refractivity (Wildman–Crippen MR) is 67.9 cm³/mol. The quantitative estimate of drug-likeness (QED) is 0.757. The van der Waals surface area contributed by atoms with E-state index < -0.39 is 0 Å². The van der Waals surface area contributed by atoms with Gasteiger partial charge in [0.25, 0.3) is 0 Å². The highest BCUT2D eigenvalue weighted by molar-refractivity contribution is 6.03. The molecule has 2 aliphatic rings. The molecule has 3 rings (SSSR count). The number of carbonyl (C=O) groups is 1. The standard InChI is InChI=1S/C14H12N2O2/c17-12-6-5-11-13(14(12)18)10-4-2-1-3-9(10)7-8-15-16-11/h1-4,7-8,11,18H,5-6H2/b8-7-,16-15?. The Morgan fingerprint density at radius 3 is 3.00 bits per heavy atom. The summed E-state index contributed by atoms with van der Waals surface area (Å²) >= 11 is 0. The minimum atomic E-state index is -0.228. The van der Waals surface area contributed by atoms with Crippen LogP contribution in [0.1, 0.15) is 24.0 Å². The van der Waals surface area contributed by atoms with E-state index in [4.69, 9.17) is 0 Å². The fourth-order valence-corrected chi connectivity index (χ4v) is 2.38. The third-order valence-corrected chi connectivity index (χ3v) is 3.28. The number of hydrogen-bond donors (Lipinski definition) is 1. The number of Topliss-reactive ketones (excluding diaryl/α,β-unsaturated/α-hetero) is 1. The van der Waals surface area contributed by atoms with Crippen LogP contribution in [-0.4, -0.2) is 16.9 Å². The van der Waals surface area contributed by atoms with Gasteiger partial charge in [0.2, 0.25) is 0 Å². The molecule has 18 heavy (non-hydrogen) atoms. The summed E-state index contributed by atoms with van der Waals surface area (Å²) in [4.78, 5) is 11.7. The average molecular weight is 240 g/mol. The fraction of sp³-hybridized carbons (Fsp3) is 0.214. The van der Waals surface area contributed by atoms with E-state index in [9.17, 15) is 9.90 Å². The zero-order valence-electron chi connectivity index (χ0n) is 9.71. The van der Waals surface area contributed by atoms with Gasteiger partial charge in [0.15, 0.2) is 11.5 Å². The molecule has 1 heterocycles. The van der Waals surface area contributed by atoms with Crippen molar-refractivity contribution in [3.63, 3.8) is 0 Å². The van der Waals surface area contributed by atoms with E-state index in [1.54, 1.807) is 6.20 Å². The second-order valence-corrected chi connectivity index (χ2v) is 4.37. The number of hydrogen-bond acceptors (Lipinski definition) is 4. The molecule has 1 N–H and O–H groups in total. The van der Waals surface area contributed by atoms with E-state index in [-0.39, 0.29) is 17.6 Å². The maximum Gasteiger partial charge on any atom is 0.197 e. The number of ketones is 1. The number of fused-ring (bicyclic) bond motifs is 3. The average Bonchev–Trinajstić information content (AvgIpc) is 2.36. The number of azo groups is 1. The van der Waals surface area contributed by atoms with Crippen LogP contribution < -0.4 is 0 Å². The van der Waals surface area contributed by atoms with Gasteiger partial charge >= 0.3 is 0 Å². The molecule has 0 saturated carbocycles. The predicted octanol–water partition coefficient (Wildman–Crippen LogP) is 3.12. The van der Waals surface area contributed by atoms with E-state index in [0.717, 1.165) is 11.1 Å². The van der Waals surface area contributed by atoms with Crippen molar-refractivity contribution in [3.8, 4) is 0 Å². The van der Waals surface area contributed by atoms with Crippen molar-refractivity contribution in [3.05, 3.63) is 47.4 Å². The molecule has 0 saturated heterocycles. The number of nitrogens with zero attached hydrogens (tertiary/aromatic N) is 2. The van der Waals surface area contributed by atoms with Gasteiger partial charge in [-0.1, -0.05) is 24.3 Å². The number of rotatable bonds is 0. The van der Waals surface area contributed by atoms with Gasteiger partial charge in [0, 0.05) is 18.2 Å². The number of aliphatic hydroxyl groups excluding tert-OH is 1. The molecule has 0 fully saturated rings. The highest BCUT2D eigenvalue weighted by atomic mass is 16.3. The van der Waals surface area contributed by atoms with E-state index >= 15 is 0 Å². The lowest BCUT2D eigenvalue weighted by Crippen LogP contribution is -2.22. The molecule has 4 heteroatoms. The second-order valence-electron chi connectivity index (χ2n) is 4.37.